The van der Waals surface area contributed by atoms with Crippen LogP contribution in [-0.4, -0.2) is 49.1 Å². The first kappa shape index (κ1) is 13.1. The SMILES string of the molecule is CCN1CCCN(CC#Cc2ccccc2)CC1. The molecular weight excluding hydrogens is 220 g/mol. The van der Waals surface area contributed by atoms with Gasteiger partial charge in [-0.05, 0) is 31.6 Å². The summed E-state index contributed by atoms with van der Waals surface area (Å²) < 4.78 is 0. The summed E-state index contributed by atoms with van der Waals surface area (Å²) in [7, 11) is 0. The van der Waals surface area contributed by atoms with Crippen LogP contribution < -0.4 is 0 Å². The van der Waals surface area contributed by atoms with Crippen LogP contribution in [0.4, 0.5) is 0 Å². The van der Waals surface area contributed by atoms with Crippen molar-refractivity contribution in [1.82, 2.24) is 9.80 Å². The highest BCUT2D eigenvalue weighted by Gasteiger charge is 2.11. The van der Waals surface area contributed by atoms with Crippen molar-refractivity contribution < 1.29 is 0 Å². The van der Waals surface area contributed by atoms with Crippen molar-refractivity contribution in [3.63, 3.8) is 0 Å². The van der Waals surface area contributed by atoms with Crippen LogP contribution in [0.25, 0.3) is 0 Å². The minimum Gasteiger partial charge on any atom is -0.302 e. The molecule has 0 bridgehead atoms. The maximum atomic E-state index is 3.29. The second kappa shape index (κ2) is 7.20. The van der Waals surface area contributed by atoms with Crippen LogP contribution in [0.5, 0.6) is 0 Å². The van der Waals surface area contributed by atoms with Gasteiger partial charge in [0.05, 0.1) is 6.54 Å². The Kier molecular flexibility index (Phi) is 5.26. The summed E-state index contributed by atoms with van der Waals surface area (Å²) in [5.41, 5.74) is 1.11. The minimum atomic E-state index is 0.895. The van der Waals surface area contributed by atoms with Gasteiger partial charge in [0.1, 0.15) is 0 Å². The zero-order valence-electron chi connectivity index (χ0n) is 11.2. The molecule has 0 aliphatic carbocycles. The van der Waals surface area contributed by atoms with Crippen LogP contribution in [-0.2, 0) is 0 Å². The molecule has 1 aromatic carbocycles. The van der Waals surface area contributed by atoms with E-state index in [9.17, 15) is 0 Å². The second-order valence-corrected chi connectivity index (χ2v) is 4.73. The number of nitrogens with zero attached hydrogens (tertiary/aromatic N) is 2. The average molecular weight is 242 g/mol. The molecule has 1 aliphatic rings. The molecule has 2 rings (SSSR count). The molecule has 0 aromatic heterocycles. The van der Waals surface area contributed by atoms with Gasteiger partial charge in [0.15, 0.2) is 0 Å². The Balaban J connectivity index is 1.82. The molecule has 2 heteroatoms. The Morgan fingerprint density at radius 3 is 2.50 bits per heavy atom. The van der Waals surface area contributed by atoms with E-state index in [1.165, 1.54) is 32.6 Å². The van der Waals surface area contributed by atoms with Gasteiger partial charge in [-0.15, -0.1) is 0 Å². The van der Waals surface area contributed by atoms with Gasteiger partial charge in [0, 0.05) is 25.2 Å². The van der Waals surface area contributed by atoms with E-state index in [0.29, 0.717) is 0 Å². The molecule has 0 amide bonds. The number of rotatable bonds is 2. The van der Waals surface area contributed by atoms with Crippen LogP contribution in [0.15, 0.2) is 30.3 Å². The first-order valence-corrected chi connectivity index (χ1v) is 6.87. The quantitative estimate of drug-likeness (QED) is 0.733. The molecule has 1 fully saturated rings. The fourth-order valence-electron chi connectivity index (χ4n) is 2.27. The summed E-state index contributed by atoms with van der Waals surface area (Å²) in [6.07, 6.45) is 1.26. The molecule has 2 nitrogen and oxygen atoms in total. The summed E-state index contributed by atoms with van der Waals surface area (Å²) in [6, 6.07) is 10.2. The van der Waals surface area contributed by atoms with Crippen molar-refractivity contribution in [2.75, 3.05) is 39.3 Å². The Labute approximate surface area is 111 Å². The van der Waals surface area contributed by atoms with Gasteiger partial charge in [-0.25, -0.2) is 0 Å². The molecule has 0 N–H and O–H groups in total. The maximum absolute atomic E-state index is 3.29. The van der Waals surface area contributed by atoms with Gasteiger partial charge in [0.2, 0.25) is 0 Å². The van der Waals surface area contributed by atoms with E-state index in [2.05, 4.69) is 40.7 Å². The molecule has 0 radical (unpaired) electrons. The van der Waals surface area contributed by atoms with E-state index >= 15 is 0 Å². The van der Waals surface area contributed by atoms with Crippen molar-refractivity contribution in [3.8, 4) is 11.8 Å². The summed E-state index contributed by atoms with van der Waals surface area (Å²) in [4.78, 5) is 4.98. The Bertz CT molecular complexity index is 402. The van der Waals surface area contributed by atoms with E-state index in [4.69, 9.17) is 0 Å². The standard InChI is InChI=1S/C16H22N2/c1-2-17-12-7-13-18(15-14-17)11-6-10-16-8-4-3-5-9-16/h3-5,8-9H,2,7,11-15H2,1H3. The lowest BCUT2D eigenvalue weighted by Crippen LogP contribution is -2.30. The van der Waals surface area contributed by atoms with Crippen LogP contribution in [0.3, 0.4) is 0 Å². The number of likely N-dealkylation sites (N-methyl/N-ethyl adjacent to an activating group) is 1. The predicted octanol–water partition coefficient (Wildman–Crippen LogP) is 2.07. The third-order valence-corrected chi connectivity index (χ3v) is 3.44. The Morgan fingerprint density at radius 1 is 1.00 bits per heavy atom. The van der Waals surface area contributed by atoms with Gasteiger partial charge in [-0.1, -0.05) is 37.0 Å². The lowest BCUT2D eigenvalue weighted by molar-refractivity contribution is 0.280. The minimum absolute atomic E-state index is 0.895. The molecule has 0 spiro atoms. The van der Waals surface area contributed by atoms with E-state index in [1.807, 2.05) is 18.2 Å². The van der Waals surface area contributed by atoms with Gasteiger partial charge in [-0.3, -0.25) is 4.90 Å². The largest absolute Gasteiger partial charge is 0.302 e. The fourth-order valence-corrected chi connectivity index (χ4v) is 2.27. The molecule has 0 saturated carbocycles. The van der Waals surface area contributed by atoms with Crippen LogP contribution in [0.1, 0.15) is 18.9 Å². The van der Waals surface area contributed by atoms with Crippen LogP contribution in [0.2, 0.25) is 0 Å². The Morgan fingerprint density at radius 2 is 1.72 bits per heavy atom. The van der Waals surface area contributed by atoms with E-state index < -0.39 is 0 Å². The van der Waals surface area contributed by atoms with E-state index in [1.54, 1.807) is 0 Å². The summed E-state index contributed by atoms with van der Waals surface area (Å²) >= 11 is 0. The first-order valence-electron chi connectivity index (χ1n) is 6.87. The highest BCUT2D eigenvalue weighted by Crippen LogP contribution is 2.02. The normalized spacial score (nSPS) is 17.8. The molecule has 18 heavy (non-hydrogen) atoms. The lowest BCUT2D eigenvalue weighted by atomic mass is 10.2. The molecule has 0 unspecified atom stereocenters. The maximum Gasteiger partial charge on any atom is 0.0605 e. The molecule has 1 aromatic rings. The zero-order valence-corrected chi connectivity index (χ0v) is 11.2. The van der Waals surface area contributed by atoms with Crippen molar-refractivity contribution in [2.45, 2.75) is 13.3 Å². The van der Waals surface area contributed by atoms with Crippen molar-refractivity contribution in [3.05, 3.63) is 35.9 Å². The number of hydrogen-bond acceptors (Lipinski definition) is 2. The zero-order chi connectivity index (χ0) is 12.6. The summed E-state index contributed by atoms with van der Waals surface area (Å²) in [5.74, 6) is 6.52. The van der Waals surface area contributed by atoms with E-state index in [-0.39, 0.29) is 0 Å². The topological polar surface area (TPSA) is 6.48 Å². The molecule has 1 heterocycles. The number of hydrogen-bond donors (Lipinski definition) is 0. The van der Waals surface area contributed by atoms with Crippen LogP contribution >= 0.6 is 0 Å². The van der Waals surface area contributed by atoms with Gasteiger partial charge in [-0.2, -0.15) is 0 Å². The van der Waals surface area contributed by atoms with Gasteiger partial charge in [0.25, 0.3) is 0 Å². The Hall–Kier alpha value is -1.30. The third-order valence-electron chi connectivity index (χ3n) is 3.44. The van der Waals surface area contributed by atoms with Gasteiger partial charge >= 0.3 is 0 Å². The molecule has 1 saturated heterocycles. The highest BCUT2D eigenvalue weighted by atomic mass is 15.2. The first-order chi connectivity index (χ1) is 8.88. The second-order valence-electron chi connectivity index (χ2n) is 4.73. The molecule has 1 aliphatic heterocycles. The number of benzene rings is 1. The smallest absolute Gasteiger partial charge is 0.0605 e. The van der Waals surface area contributed by atoms with Crippen molar-refractivity contribution >= 4 is 0 Å². The van der Waals surface area contributed by atoms with Crippen molar-refractivity contribution in [2.24, 2.45) is 0 Å². The molecule has 96 valence electrons. The summed E-state index contributed by atoms with van der Waals surface area (Å²) in [5, 5.41) is 0. The van der Waals surface area contributed by atoms with Gasteiger partial charge < -0.3 is 4.90 Å². The van der Waals surface area contributed by atoms with E-state index in [0.717, 1.165) is 18.7 Å². The fraction of sp³-hybridized carbons (Fsp3) is 0.500. The predicted molar refractivity (Wildman–Crippen MR) is 76.5 cm³/mol. The third kappa shape index (κ3) is 4.18. The highest BCUT2D eigenvalue weighted by molar-refractivity contribution is 5.33. The monoisotopic (exact) mass is 242 g/mol. The molecular formula is C16H22N2. The average Bonchev–Trinajstić information content (AvgIpc) is 2.65. The van der Waals surface area contributed by atoms with Crippen LogP contribution in [0, 0.1) is 11.8 Å². The van der Waals surface area contributed by atoms with Crippen molar-refractivity contribution in [1.29, 1.82) is 0 Å². The summed E-state index contributed by atoms with van der Waals surface area (Å²) in [6.45, 7) is 9.06. The molecule has 0 atom stereocenters. The lowest BCUT2D eigenvalue weighted by Gasteiger charge is -2.18.